The average molecular weight is 770 g/mol. The number of hydrogen-bond donors (Lipinski definition) is 2. The van der Waals surface area contributed by atoms with Gasteiger partial charge < -0.3 is 29.7 Å². The molecule has 2 aliphatic heterocycles. The number of carbonyl (C=O) groups excluding carboxylic acids is 3. The van der Waals surface area contributed by atoms with Crippen molar-refractivity contribution >= 4 is 52.0 Å². The van der Waals surface area contributed by atoms with E-state index in [0.29, 0.717) is 31.4 Å². The Kier molecular flexibility index (Phi) is 11.0. The molecule has 0 spiro atoms. The zero-order valence-electron chi connectivity index (χ0n) is 28.7. The molecule has 14 nitrogen and oxygen atoms in total. The third-order valence-electron chi connectivity index (χ3n) is 8.97. The molecular formula is C35H32ClF4N9O5. The summed E-state index contributed by atoms with van der Waals surface area (Å²) in [6.45, 7) is 2.35. The number of alkyl halides is 3. The SMILES string of the molecule is CCc1c(N2CCN(C(=O)CNC(=O)c3cc(C#N)ccc3F)CC2)c(=O)n2nc(C3=CCOCC3)nc2n1CC(=O)Nc1ccc(C(F)(F)F)cc1Cl. The molecule has 1 saturated heterocycles. The number of amides is 3. The number of ether oxygens (including phenoxy) is 1. The van der Waals surface area contributed by atoms with Crippen LogP contribution in [0.3, 0.4) is 0 Å². The molecule has 0 radical (unpaired) electrons. The minimum Gasteiger partial charge on any atom is -0.377 e. The van der Waals surface area contributed by atoms with Gasteiger partial charge in [0.15, 0.2) is 5.82 Å². The van der Waals surface area contributed by atoms with Crippen LogP contribution in [0.25, 0.3) is 11.4 Å². The van der Waals surface area contributed by atoms with Gasteiger partial charge in [-0.1, -0.05) is 24.6 Å². The Bertz CT molecular complexity index is 2270. The maximum atomic E-state index is 14.2. The summed E-state index contributed by atoms with van der Waals surface area (Å²) in [6, 6.07) is 7.71. The highest BCUT2D eigenvalue weighted by Crippen LogP contribution is 2.34. The molecule has 2 N–H and O–H groups in total. The van der Waals surface area contributed by atoms with Crippen LogP contribution in [-0.2, 0) is 33.5 Å². The van der Waals surface area contributed by atoms with Gasteiger partial charge in [0.2, 0.25) is 17.6 Å². The van der Waals surface area contributed by atoms with E-state index in [1.807, 2.05) is 6.07 Å². The van der Waals surface area contributed by atoms with Crippen LogP contribution in [0.1, 0.15) is 46.3 Å². The lowest BCUT2D eigenvalue weighted by Gasteiger charge is -2.36. The van der Waals surface area contributed by atoms with E-state index in [-0.39, 0.29) is 71.7 Å². The van der Waals surface area contributed by atoms with Gasteiger partial charge in [0.25, 0.3) is 11.5 Å². The summed E-state index contributed by atoms with van der Waals surface area (Å²) in [5.74, 6) is -2.47. The third kappa shape index (κ3) is 7.92. The predicted molar refractivity (Wildman–Crippen MR) is 187 cm³/mol. The Hall–Kier alpha value is -5.80. The number of nitrogens with zero attached hydrogens (tertiary/aromatic N) is 7. The monoisotopic (exact) mass is 769 g/mol. The van der Waals surface area contributed by atoms with Gasteiger partial charge in [0.05, 0.1) is 58.9 Å². The van der Waals surface area contributed by atoms with Crippen LogP contribution in [-0.4, -0.2) is 87.7 Å². The van der Waals surface area contributed by atoms with Gasteiger partial charge in [-0.25, -0.2) is 4.39 Å². The molecule has 4 aromatic rings. The second kappa shape index (κ2) is 15.7. The number of halogens is 5. The van der Waals surface area contributed by atoms with Crippen molar-refractivity contribution in [1.29, 1.82) is 5.26 Å². The smallest absolute Gasteiger partial charge is 0.377 e. The Labute approximate surface area is 309 Å². The summed E-state index contributed by atoms with van der Waals surface area (Å²) in [5.41, 5.74) is -0.428. The highest BCUT2D eigenvalue weighted by molar-refractivity contribution is 6.33. The van der Waals surface area contributed by atoms with Crippen LogP contribution in [0.5, 0.6) is 0 Å². The first-order chi connectivity index (χ1) is 25.8. The van der Waals surface area contributed by atoms with E-state index >= 15 is 0 Å². The van der Waals surface area contributed by atoms with Crippen LogP contribution in [0.2, 0.25) is 5.02 Å². The summed E-state index contributed by atoms with van der Waals surface area (Å²) in [4.78, 5) is 61.1. The van der Waals surface area contributed by atoms with Crippen molar-refractivity contribution in [3.05, 3.63) is 91.9 Å². The number of anilines is 2. The van der Waals surface area contributed by atoms with Crippen molar-refractivity contribution in [2.45, 2.75) is 32.5 Å². The van der Waals surface area contributed by atoms with Crippen LogP contribution in [0.15, 0.2) is 47.3 Å². The van der Waals surface area contributed by atoms with Gasteiger partial charge in [0, 0.05) is 26.2 Å². The molecule has 0 atom stereocenters. The summed E-state index contributed by atoms with van der Waals surface area (Å²) in [5, 5.41) is 18.2. The topological polar surface area (TPSA) is 167 Å². The van der Waals surface area contributed by atoms with Gasteiger partial charge in [-0.3, -0.25) is 19.2 Å². The maximum absolute atomic E-state index is 14.2. The normalized spacial score (nSPS) is 14.8. The van der Waals surface area contributed by atoms with Gasteiger partial charge in [-0.15, -0.1) is 5.10 Å². The number of hydrogen-bond acceptors (Lipinski definition) is 9. The Morgan fingerprint density at radius 3 is 2.50 bits per heavy atom. The Morgan fingerprint density at radius 1 is 1.09 bits per heavy atom. The Morgan fingerprint density at radius 2 is 1.85 bits per heavy atom. The highest BCUT2D eigenvalue weighted by Gasteiger charge is 2.32. The van der Waals surface area contributed by atoms with Crippen LogP contribution >= 0.6 is 11.6 Å². The summed E-state index contributed by atoms with van der Waals surface area (Å²) < 4.78 is 61.8. The minimum atomic E-state index is -4.63. The molecule has 2 aromatic carbocycles. The molecule has 2 aromatic heterocycles. The highest BCUT2D eigenvalue weighted by atomic mass is 35.5. The first-order valence-corrected chi connectivity index (χ1v) is 17.1. The number of piperazine rings is 1. The molecule has 0 saturated carbocycles. The van der Waals surface area contributed by atoms with Crippen molar-refractivity contribution in [1.82, 2.24) is 29.4 Å². The van der Waals surface area contributed by atoms with E-state index in [0.717, 1.165) is 34.4 Å². The second-order valence-electron chi connectivity index (χ2n) is 12.3. The van der Waals surface area contributed by atoms with Crippen LogP contribution in [0.4, 0.5) is 28.9 Å². The fourth-order valence-corrected chi connectivity index (χ4v) is 6.46. The molecule has 3 amide bonds. The molecular weight excluding hydrogens is 738 g/mol. The number of aromatic nitrogens is 4. The predicted octanol–water partition coefficient (Wildman–Crippen LogP) is 3.66. The van der Waals surface area contributed by atoms with E-state index in [4.69, 9.17) is 21.6 Å². The number of rotatable bonds is 9. The van der Waals surface area contributed by atoms with Gasteiger partial charge in [-0.05, 0) is 54.8 Å². The third-order valence-corrected chi connectivity index (χ3v) is 9.28. The van der Waals surface area contributed by atoms with E-state index in [2.05, 4.69) is 20.7 Å². The lowest BCUT2D eigenvalue weighted by atomic mass is 10.1. The maximum Gasteiger partial charge on any atom is 0.416 e. The fraction of sp³-hybridized carbons (Fsp3) is 0.343. The fourth-order valence-electron chi connectivity index (χ4n) is 6.23. The van der Waals surface area contributed by atoms with Gasteiger partial charge >= 0.3 is 6.18 Å². The standard InChI is InChI=1S/C35H32ClF4N9O5/c1-2-27-30(47-11-9-46(10-12-47)29(51)18-42-32(52)23-15-20(17-41)3-5-25(23)37)33(53)49-34(44-31(45-49)21-7-13-54-14-8-21)48(27)19-28(50)43-26-6-4-22(16-24(26)36)35(38,39)40/h3-7,15-16H,2,8-14,18-19H2,1H3,(H,42,52)(H,43,50). The molecule has 6 rings (SSSR count). The molecule has 282 valence electrons. The Balaban J connectivity index is 1.25. The molecule has 4 heterocycles. The van der Waals surface area contributed by atoms with Crippen molar-refractivity contribution in [2.75, 3.05) is 56.2 Å². The second-order valence-corrected chi connectivity index (χ2v) is 12.7. The lowest BCUT2D eigenvalue weighted by molar-refractivity contribution is -0.137. The van der Waals surface area contributed by atoms with Crippen molar-refractivity contribution in [2.24, 2.45) is 0 Å². The van der Waals surface area contributed by atoms with E-state index < -0.39 is 53.9 Å². The number of carbonyl (C=O) groups is 3. The lowest BCUT2D eigenvalue weighted by Crippen LogP contribution is -2.52. The minimum absolute atomic E-state index is 0.0441. The quantitative estimate of drug-likeness (QED) is 0.242. The molecule has 54 heavy (non-hydrogen) atoms. The number of nitriles is 1. The van der Waals surface area contributed by atoms with Crippen LogP contribution < -0.4 is 21.1 Å². The van der Waals surface area contributed by atoms with Crippen molar-refractivity contribution in [3.63, 3.8) is 0 Å². The summed E-state index contributed by atoms with van der Waals surface area (Å²) >= 11 is 6.10. The van der Waals surface area contributed by atoms with Crippen molar-refractivity contribution in [3.8, 4) is 6.07 Å². The van der Waals surface area contributed by atoms with Crippen LogP contribution in [0, 0.1) is 17.1 Å². The first kappa shape index (κ1) is 37.9. The molecule has 0 aliphatic carbocycles. The molecule has 1 fully saturated rings. The zero-order chi connectivity index (χ0) is 38.7. The van der Waals surface area contributed by atoms with Gasteiger partial charge in [-0.2, -0.15) is 27.9 Å². The number of fused-ring (bicyclic) bond motifs is 1. The van der Waals surface area contributed by atoms with E-state index in [9.17, 15) is 36.7 Å². The molecule has 19 heteroatoms. The first-order valence-electron chi connectivity index (χ1n) is 16.8. The summed E-state index contributed by atoms with van der Waals surface area (Å²) in [7, 11) is 0. The van der Waals surface area contributed by atoms with E-state index in [1.165, 1.54) is 15.5 Å². The number of benzene rings is 2. The largest absolute Gasteiger partial charge is 0.416 e. The average Bonchev–Trinajstić information content (AvgIpc) is 3.62. The molecule has 0 unspecified atom stereocenters. The number of nitrogens with one attached hydrogen (secondary N) is 2. The van der Waals surface area contributed by atoms with Crippen molar-refractivity contribution < 1.29 is 36.7 Å². The van der Waals surface area contributed by atoms with E-state index in [1.54, 1.807) is 17.9 Å². The summed E-state index contributed by atoms with van der Waals surface area (Å²) in [6.07, 6.45) is -2.09. The molecule has 0 bridgehead atoms. The van der Waals surface area contributed by atoms with Gasteiger partial charge in [0.1, 0.15) is 18.0 Å². The zero-order valence-corrected chi connectivity index (χ0v) is 29.4. The molecule has 2 aliphatic rings.